The second-order valence-electron chi connectivity index (χ2n) is 6.63. The molecule has 1 aromatic heterocycles. The van der Waals surface area contributed by atoms with E-state index in [1.807, 2.05) is 54.2 Å². The van der Waals surface area contributed by atoms with Gasteiger partial charge >= 0.3 is 0 Å². The van der Waals surface area contributed by atoms with Crippen molar-refractivity contribution in [1.29, 1.82) is 0 Å². The van der Waals surface area contributed by atoms with Crippen LogP contribution in [-0.2, 0) is 11.5 Å². The van der Waals surface area contributed by atoms with E-state index >= 15 is 0 Å². The van der Waals surface area contributed by atoms with Gasteiger partial charge in [-0.25, -0.2) is 4.98 Å². The topological polar surface area (TPSA) is 37.6 Å². The molecule has 2 aromatic carbocycles. The molecule has 0 aliphatic heterocycles. The monoisotopic (exact) mass is 433 g/mol. The molecule has 3 nitrogen and oxygen atoms in total. The van der Waals surface area contributed by atoms with Gasteiger partial charge in [-0.05, 0) is 23.3 Å². The quantitative estimate of drug-likeness (QED) is 0.268. The molecule has 0 amide bonds. The molecule has 3 rings (SSSR count). The first-order valence-corrected chi connectivity index (χ1v) is 12.4. The van der Waals surface area contributed by atoms with Gasteiger partial charge in [0.1, 0.15) is 0 Å². The molecule has 3 aromatic rings. The molecular formula is C25H27N3S2. The zero-order valence-corrected chi connectivity index (χ0v) is 18.7. The molecule has 0 spiro atoms. The van der Waals surface area contributed by atoms with Gasteiger partial charge in [-0.15, -0.1) is 0 Å². The van der Waals surface area contributed by atoms with Crippen LogP contribution in [0.3, 0.4) is 0 Å². The molecule has 0 aliphatic rings. The molecule has 0 aliphatic carbocycles. The zero-order chi connectivity index (χ0) is 20.7. The predicted molar refractivity (Wildman–Crippen MR) is 134 cm³/mol. The summed E-state index contributed by atoms with van der Waals surface area (Å²) in [6.07, 6.45) is 3.71. The van der Waals surface area contributed by atoms with Gasteiger partial charge in [0.15, 0.2) is 0 Å². The van der Waals surface area contributed by atoms with Crippen molar-refractivity contribution in [2.45, 2.75) is 11.5 Å². The fraction of sp³-hybridized carbons (Fsp3) is 0.240. The van der Waals surface area contributed by atoms with Crippen LogP contribution in [0.15, 0.2) is 88.8 Å². The van der Waals surface area contributed by atoms with Crippen molar-refractivity contribution in [3.05, 3.63) is 101 Å². The van der Waals surface area contributed by atoms with E-state index < -0.39 is 0 Å². The highest BCUT2D eigenvalue weighted by molar-refractivity contribution is 7.98. The molecule has 0 unspecified atom stereocenters. The van der Waals surface area contributed by atoms with Gasteiger partial charge in [0.05, 0.1) is 11.4 Å². The molecule has 0 radical (unpaired) electrons. The normalized spacial score (nSPS) is 11.5. The van der Waals surface area contributed by atoms with Crippen molar-refractivity contribution in [2.75, 3.05) is 24.6 Å². The Morgan fingerprint density at radius 3 is 1.53 bits per heavy atom. The minimum atomic E-state index is 0.802. The average Bonchev–Trinajstić information content (AvgIpc) is 2.80. The lowest BCUT2D eigenvalue weighted by molar-refractivity contribution is 1.13. The van der Waals surface area contributed by atoms with Crippen LogP contribution in [0.25, 0.3) is 0 Å². The van der Waals surface area contributed by atoms with Crippen molar-refractivity contribution < 1.29 is 0 Å². The van der Waals surface area contributed by atoms with Crippen LogP contribution in [0.4, 0.5) is 0 Å². The largest absolute Gasteiger partial charge is 0.290 e. The summed E-state index contributed by atoms with van der Waals surface area (Å²) in [4.78, 5) is 13.6. The Hall–Kier alpha value is -2.37. The third-order valence-corrected chi connectivity index (χ3v) is 6.21. The SMILES string of the molecule is C(=NCCSCc1ccccc1)c1cccc(C=NCCSCc2ccccc2)n1. The van der Waals surface area contributed by atoms with E-state index in [-0.39, 0.29) is 0 Å². The van der Waals surface area contributed by atoms with E-state index in [1.165, 1.54) is 11.1 Å². The summed E-state index contributed by atoms with van der Waals surface area (Å²) in [6, 6.07) is 27.0. The maximum absolute atomic E-state index is 4.59. The van der Waals surface area contributed by atoms with Crippen molar-refractivity contribution >= 4 is 36.0 Å². The van der Waals surface area contributed by atoms with Gasteiger partial charge in [0, 0.05) is 48.5 Å². The molecule has 0 saturated carbocycles. The van der Waals surface area contributed by atoms with Crippen molar-refractivity contribution in [3.8, 4) is 0 Å². The summed E-state index contributed by atoms with van der Waals surface area (Å²) in [6.45, 7) is 1.60. The van der Waals surface area contributed by atoms with Crippen molar-refractivity contribution in [2.24, 2.45) is 9.98 Å². The Bertz CT molecular complexity index is 839. The van der Waals surface area contributed by atoms with E-state index in [0.29, 0.717) is 0 Å². The first-order chi connectivity index (χ1) is 14.9. The Kier molecular flexibility index (Phi) is 10.3. The van der Waals surface area contributed by atoms with Crippen LogP contribution in [0.5, 0.6) is 0 Å². The second kappa shape index (κ2) is 13.8. The fourth-order valence-electron chi connectivity index (χ4n) is 2.69. The zero-order valence-electron chi connectivity index (χ0n) is 17.1. The van der Waals surface area contributed by atoms with E-state index in [4.69, 9.17) is 0 Å². The lowest BCUT2D eigenvalue weighted by Crippen LogP contribution is -1.96. The van der Waals surface area contributed by atoms with Crippen LogP contribution in [-0.4, -0.2) is 42.0 Å². The highest BCUT2D eigenvalue weighted by Crippen LogP contribution is 2.12. The molecule has 0 bridgehead atoms. The number of hydrogen-bond donors (Lipinski definition) is 0. The number of benzene rings is 2. The Balaban J connectivity index is 1.32. The van der Waals surface area contributed by atoms with E-state index in [2.05, 4.69) is 75.6 Å². The summed E-state index contributed by atoms with van der Waals surface area (Å²) in [7, 11) is 0. The first kappa shape index (κ1) is 22.3. The van der Waals surface area contributed by atoms with Crippen LogP contribution < -0.4 is 0 Å². The molecule has 0 N–H and O–H groups in total. The summed E-state index contributed by atoms with van der Waals surface area (Å²) in [5.74, 6) is 4.08. The number of hydrogen-bond acceptors (Lipinski definition) is 5. The average molecular weight is 434 g/mol. The van der Waals surface area contributed by atoms with Gasteiger partial charge in [-0.2, -0.15) is 23.5 Å². The number of rotatable bonds is 12. The second-order valence-corrected chi connectivity index (χ2v) is 8.84. The third-order valence-electron chi connectivity index (χ3n) is 4.19. The minimum absolute atomic E-state index is 0.802. The fourth-order valence-corrected chi connectivity index (χ4v) is 4.31. The molecule has 30 heavy (non-hydrogen) atoms. The highest BCUT2D eigenvalue weighted by Gasteiger charge is 1.95. The van der Waals surface area contributed by atoms with E-state index in [0.717, 1.165) is 47.5 Å². The standard InChI is InChI=1S/C25H27N3S2/c1-3-8-22(9-4-1)20-29-16-14-26-18-24-12-7-13-25(28-24)19-27-15-17-30-21-23-10-5-2-6-11-23/h1-13,18-19H,14-17,20-21H2. The number of nitrogens with zero attached hydrogens (tertiary/aromatic N) is 3. The maximum Gasteiger partial charge on any atom is 0.0815 e. The summed E-state index contributed by atoms with van der Waals surface area (Å²) in [5, 5.41) is 0. The summed E-state index contributed by atoms with van der Waals surface area (Å²) < 4.78 is 0. The molecule has 1 heterocycles. The van der Waals surface area contributed by atoms with Gasteiger partial charge in [0.2, 0.25) is 0 Å². The van der Waals surface area contributed by atoms with Gasteiger partial charge in [-0.1, -0.05) is 66.7 Å². The van der Waals surface area contributed by atoms with E-state index in [9.17, 15) is 0 Å². The molecule has 5 heteroatoms. The van der Waals surface area contributed by atoms with Crippen molar-refractivity contribution in [3.63, 3.8) is 0 Å². The van der Waals surface area contributed by atoms with Crippen LogP contribution in [0.2, 0.25) is 0 Å². The minimum Gasteiger partial charge on any atom is -0.290 e. The molecule has 0 saturated heterocycles. The van der Waals surface area contributed by atoms with Crippen molar-refractivity contribution in [1.82, 2.24) is 4.98 Å². The molecule has 0 atom stereocenters. The molecular weight excluding hydrogens is 406 g/mol. The Morgan fingerprint density at radius 1 is 0.600 bits per heavy atom. The van der Waals surface area contributed by atoms with Gasteiger partial charge in [0.25, 0.3) is 0 Å². The lowest BCUT2D eigenvalue weighted by atomic mass is 10.2. The van der Waals surface area contributed by atoms with Gasteiger partial charge in [-0.3, -0.25) is 9.98 Å². The highest BCUT2D eigenvalue weighted by atomic mass is 32.2. The van der Waals surface area contributed by atoms with E-state index in [1.54, 1.807) is 0 Å². The number of aromatic nitrogens is 1. The first-order valence-electron chi connectivity index (χ1n) is 10.1. The maximum atomic E-state index is 4.59. The summed E-state index contributed by atoms with van der Waals surface area (Å²) in [5.41, 5.74) is 4.48. The summed E-state index contributed by atoms with van der Waals surface area (Å²) >= 11 is 3.81. The smallest absolute Gasteiger partial charge is 0.0815 e. The van der Waals surface area contributed by atoms with Gasteiger partial charge < -0.3 is 0 Å². The van der Waals surface area contributed by atoms with Crippen LogP contribution in [0, 0.1) is 0 Å². The lowest BCUT2D eigenvalue weighted by Gasteiger charge is -2.00. The number of aliphatic imine (C=N–C) groups is 2. The third kappa shape index (κ3) is 8.97. The number of thioether (sulfide) groups is 2. The van der Waals surface area contributed by atoms with Crippen LogP contribution >= 0.6 is 23.5 Å². The Morgan fingerprint density at radius 2 is 1.07 bits per heavy atom. The Labute approximate surface area is 188 Å². The molecule has 0 fully saturated rings. The molecule has 154 valence electrons. The number of pyridine rings is 1. The van der Waals surface area contributed by atoms with Crippen LogP contribution in [0.1, 0.15) is 22.5 Å². The predicted octanol–water partition coefficient (Wildman–Crippen LogP) is 5.79.